The minimum Gasteiger partial charge on any atom is -0.497 e. The van der Waals surface area contributed by atoms with Crippen molar-refractivity contribution in [3.63, 3.8) is 0 Å². The van der Waals surface area contributed by atoms with Crippen LogP contribution < -0.4 is 9.80 Å². The molecule has 0 fully saturated rings. The Balaban J connectivity index is 1.85. The number of benzene rings is 1. The molecule has 0 spiro atoms. The number of rotatable bonds is 3. The van der Waals surface area contributed by atoms with E-state index < -0.39 is 0 Å². The van der Waals surface area contributed by atoms with Crippen LogP contribution in [-0.4, -0.2) is 18.6 Å². The van der Waals surface area contributed by atoms with Crippen molar-refractivity contribution in [3.8, 4) is 5.75 Å². The lowest BCUT2D eigenvalue weighted by molar-refractivity contribution is 0.0484. The molecule has 4 heteroatoms. The van der Waals surface area contributed by atoms with Crippen LogP contribution in [0.4, 0.5) is 5.82 Å². The third-order valence-electron chi connectivity index (χ3n) is 3.77. The number of hydroxylamine groups is 1. The summed E-state index contributed by atoms with van der Waals surface area (Å²) >= 11 is 0. The zero-order valence-electron chi connectivity index (χ0n) is 13.1. The van der Waals surface area contributed by atoms with Crippen LogP contribution in [-0.2, 0) is 4.84 Å². The molecule has 1 atom stereocenters. The second kappa shape index (κ2) is 6.20. The fourth-order valence-corrected chi connectivity index (χ4v) is 2.50. The topological polar surface area (TPSA) is 34.6 Å². The number of nitrogens with zero attached hydrogens (tertiary/aromatic N) is 2. The number of aromatic nitrogens is 1. The molecule has 1 aromatic carbocycles. The quantitative estimate of drug-likeness (QED) is 0.806. The maximum atomic E-state index is 6.16. The average molecular weight is 296 g/mol. The molecule has 114 valence electrons. The highest BCUT2D eigenvalue weighted by Gasteiger charge is 2.23. The van der Waals surface area contributed by atoms with Gasteiger partial charge in [0.1, 0.15) is 11.9 Å². The molecule has 0 saturated heterocycles. The zero-order chi connectivity index (χ0) is 15.5. The second-order valence-electron chi connectivity index (χ2n) is 5.40. The number of methoxy groups -OCH3 is 1. The molecule has 1 aliphatic rings. The van der Waals surface area contributed by atoms with Gasteiger partial charge < -0.3 is 4.74 Å². The van der Waals surface area contributed by atoms with Crippen molar-refractivity contribution >= 4 is 5.82 Å². The molecule has 1 aromatic heterocycles. The second-order valence-corrected chi connectivity index (χ2v) is 5.40. The first-order valence-corrected chi connectivity index (χ1v) is 7.36. The van der Waals surface area contributed by atoms with E-state index in [1.54, 1.807) is 7.11 Å². The smallest absolute Gasteiger partial charge is 0.153 e. The molecule has 0 bridgehead atoms. The highest BCUT2D eigenvalue weighted by molar-refractivity contribution is 5.40. The zero-order valence-corrected chi connectivity index (χ0v) is 13.1. The molecule has 2 aromatic rings. The van der Waals surface area contributed by atoms with Gasteiger partial charge in [-0.15, -0.1) is 0 Å². The number of hydrogen-bond acceptors (Lipinski definition) is 4. The van der Waals surface area contributed by atoms with Gasteiger partial charge in [0.2, 0.25) is 0 Å². The molecule has 0 unspecified atom stereocenters. The van der Waals surface area contributed by atoms with E-state index in [9.17, 15) is 0 Å². The molecule has 2 heterocycles. The summed E-state index contributed by atoms with van der Waals surface area (Å²) in [6, 6.07) is 13.9. The normalized spacial score (nSPS) is 18.0. The molecular weight excluding hydrogens is 276 g/mol. The largest absolute Gasteiger partial charge is 0.497 e. The Bertz CT molecular complexity index is 680. The monoisotopic (exact) mass is 296 g/mol. The summed E-state index contributed by atoms with van der Waals surface area (Å²) in [6.45, 7) is 4.78. The van der Waals surface area contributed by atoms with Gasteiger partial charge in [-0.25, -0.2) is 10.0 Å². The SMILES string of the molecule is COc1ccc([C@H]2ON(c3cccc(C)n3)CC=C2C)cc1. The predicted octanol–water partition coefficient (Wildman–Crippen LogP) is 3.84. The minimum absolute atomic E-state index is 0.0954. The van der Waals surface area contributed by atoms with Crippen LogP contribution in [0.3, 0.4) is 0 Å². The van der Waals surface area contributed by atoms with Crippen molar-refractivity contribution in [1.82, 2.24) is 4.98 Å². The number of ether oxygens (including phenoxy) is 1. The van der Waals surface area contributed by atoms with Crippen LogP contribution in [0.5, 0.6) is 5.75 Å². The van der Waals surface area contributed by atoms with Gasteiger partial charge in [0.15, 0.2) is 5.82 Å². The fraction of sp³-hybridized carbons (Fsp3) is 0.278. The van der Waals surface area contributed by atoms with Gasteiger partial charge >= 0.3 is 0 Å². The fourth-order valence-electron chi connectivity index (χ4n) is 2.50. The molecule has 4 nitrogen and oxygen atoms in total. The third kappa shape index (κ3) is 2.97. The molecule has 3 rings (SSSR count). The van der Waals surface area contributed by atoms with E-state index in [0.717, 1.165) is 22.8 Å². The molecule has 0 N–H and O–H groups in total. The maximum absolute atomic E-state index is 6.16. The lowest BCUT2D eigenvalue weighted by atomic mass is 10.0. The lowest BCUT2D eigenvalue weighted by Crippen LogP contribution is -2.31. The van der Waals surface area contributed by atoms with Gasteiger partial charge in [-0.3, -0.25) is 4.84 Å². The van der Waals surface area contributed by atoms with Gasteiger partial charge in [0, 0.05) is 5.69 Å². The van der Waals surface area contributed by atoms with Crippen LogP contribution in [0.25, 0.3) is 0 Å². The molecule has 22 heavy (non-hydrogen) atoms. The summed E-state index contributed by atoms with van der Waals surface area (Å²) < 4.78 is 5.21. The van der Waals surface area contributed by atoms with Gasteiger partial charge in [0.25, 0.3) is 0 Å². The van der Waals surface area contributed by atoms with Crippen LogP contribution in [0.2, 0.25) is 0 Å². The number of anilines is 1. The Hall–Kier alpha value is -2.33. The van der Waals surface area contributed by atoms with E-state index in [-0.39, 0.29) is 6.10 Å². The van der Waals surface area contributed by atoms with Crippen LogP contribution in [0, 0.1) is 6.92 Å². The van der Waals surface area contributed by atoms with Crippen molar-refractivity contribution in [2.24, 2.45) is 0 Å². The Labute approximate surface area is 131 Å². The highest BCUT2D eigenvalue weighted by Crippen LogP contribution is 2.32. The van der Waals surface area contributed by atoms with Crippen molar-refractivity contribution in [3.05, 3.63) is 65.4 Å². The van der Waals surface area contributed by atoms with Gasteiger partial charge in [-0.1, -0.05) is 24.3 Å². The maximum Gasteiger partial charge on any atom is 0.153 e. The van der Waals surface area contributed by atoms with Crippen molar-refractivity contribution in [1.29, 1.82) is 0 Å². The Kier molecular flexibility index (Phi) is 4.11. The summed E-state index contributed by atoms with van der Waals surface area (Å²) in [7, 11) is 1.67. The lowest BCUT2D eigenvalue weighted by Gasteiger charge is -2.32. The van der Waals surface area contributed by atoms with E-state index in [2.05, 4.69) is 18.0 Å². The Morgan fingerprint density at radius 1 is 1.14 bits per heavy atom. The Morgan fingerprint density at radius 2 is 1.91 bits per heavy atom. The molecule has 0 aliphatic carbocycles. The number of pyridine rings is 1. The predicted molar refractivity (Wildman–Crippen MR) is 86.9 cm³/mol. The first-order chi connectivity index (χ1) is 10.7. The Morgan fingerprint density at radius 3 is 2.59 bits per heavy atom. The van der Waals surface area contributed by atoms with E-state index in [4.69, 9.17) is 9.57 Å². The van der Waals surface area contributed by atoms with Gasteiger partial charge in [-0.2, -0.15) is 0 Å². The van der Waals surface area contributed by atoms with Crippen LogP contribution in [0.1, 0.15) is 24.3 Å². The summed E-state index contributed by atoms with van der Waals surface area (Å²) in [5.74, 6) is 1.68. The van der Waals surface area contributed by atoms with Crippen molar-refractivity contribution in [2.45, 2.75) is 20.0 Å². The number of hydrogen-bond donors (Lipinski definition) is 0. The summed E-state index contributed by atoms with van der Waals surface area (Å²) in [5.41, 5.74) is 3.29. The van der Waals surface area contributed by atoms with Gasteiger partial charge in [-0.05, 0) is 49.2 Å². The molecule has 0 saturated carbocycles. The molecule has 0 radical (unpaired) electrons. The van der Waals surface area contributed by atoms with Gasteiger partial charge in [0.05, 0.1) is 13.7 Å². The summed E-state index contributed by atoms with van der Waals surface area (Å²) in [4.78, 5) is 10.7. The van der Waals surface area contributed by atoms with E-state index in [1.807, 2.05) is 54.5 Å². The van der Waals surface area contributed by atoms with Crippen LogP contribution in [0.15, 0.2) is 54.1 Å². The summed E-state index contributed by atoms with van der Waals surface area (Å²) in [6.07, 6.45) is 2.09. The average Bonchev–Trinajstić information content (AvgIpc) is 2.55. The first kappa shape index (κ1) is 14.6. The molecule has 1 aliphatic heterocycles. The van der Waals surface area contributed by atoms with Crippen molar-refractivity contribution < 1.29 is 9.57 Å². The van der Waals surface area contributed by atoms with E-state index in [1.165, 1.54) is 5.57 Å². The summed E-state index contributed by atoms with van der Waals surface area (Å²) in [5, 5.41) is 1.84. The van der Waals surface area contributed by atoms with Crippen molar-refractivity contribution in [2.75, 3.05) is 18.7 Å². The minimum atomic E-state index is -0.0954. The molecular formula is C18H20N2O2. The first-order valence-electron chi connectivity index (χ1n) is 7.36. The van der Waals surface area contributed by atoms with E-state index >= 15 is 0 Å². The standard InChI is InChI=1S/C18H20N2O2/c1-13-11-12-20(17-6-4-5-14(2)19-17)22-18(13)15-7-9-16(21-3)10-8-15/h4-11,18H,12H2,1-3H3/t18-/m0/s1. The third-order valence-corrected chi connectivity index (χ3v) is 3.77. The molecule has 0 amide bonds. The van der Waals surface area contributed by atoms with E-state index in [0.29, 0.717) is 6.54 Å². The van der Waals surface area contributed by atoms with Crippen LogP contribution >= 0.6 is 0 Å². The number of aryl methyl sites for hydroxylation is 1. The highest BCUT2D eigenvalue weighted by atomic mass is 16.7.